The Morgan fingerprint density at radius 3 is 2.48 bits per heavy atom. The molecule has 0 amide bonds. The highest BCUT2D eigenvalue weighted by Crippen LogP contribution is 2.53. The van der Waals surface area contributed by atoms with Gasteiger partial charge in [0, 0.05) is 44.4 Å². The molecule has 1 aromatic heterocycles. The Hall–Kier alpha value is -5.09. The Kier molecular flexibility index (Phi) is 4.83. The maximum Gasteiger partial charge on any atom is 0.139 e. The van der Waals surface area contributed by atoms with Crippen molar-refractivity contribution in [1.82, 2.24) is 5.43 Å². The summed E-state index contributed by atoms with van der Waals surface area (Å²) in [7, 11) is 0. The highest BCUT2D eigenvalue weighted by molar-refractivity contribution is 6.14. The van der Waals surface area contributed by atoms with Crippen LogP contribution >= 0.6 is 0 Å². The lowest BCUT2D eigenvalue weighted by molar-refractivity contribution is 0.446. The van der Waals surface area contributed by atoms with Gasteiger partial charge in [-0.05, 0) is 25.1 Å². The third-order valence-corrected chi connectivity index (χ3v) is 8.61. The minimum absolute atomic E-state index is 0.0451. The molecule has 8 rings (SSSR count). The molecule has 1 aliphatic heterocycles. The number of fused-ring (bicyclic) bond motifs is 8. The predicted octanol–water partition coefficient (Wildman–Crippen LogP) is 6.18. The molecule has 4 aromatic rings. The average Bonchev–Trinajstić information content (AvgIpc) is 3.50. The molecule has 192 valence electrons. The van der Waals surface area contributed by atoms with Crippen LogP contribution in [0.15, 0.2) is 137 Å². The quantitative estimate of drug-likeness (QED) is 0.341. The van der Waals surface area contributed by atoms with Gasteiger partial charge in [-0.25, -0.2) is 0 Å². The van der Waals surface area contributed by atoms with E-state index in [4.69, 9.17) is 9.83 Å². The summed E-state index contributed by atoms with van der Waals surface area (Å²) >= 11 is 0. The molecule has 3 aromatic carbocycles. The van der Waals surface area contributed by atoms with E-state index in [0.29, 0.717) is 5.71 Å². The zero-order valence-electron chi connectivity index (χ0n) is 22.1. The van der Waals surface area contributed by atoms with Crippen molar-refractivity contribution < 1.29 is 4.42 Å². The van der Waals surface area contributed by atoms with Crippen molar-refractivity contribution in [3.8, 4) is 0 Å². The Labute approximate surface area is 232 Å². The Bertz CT molecular complexity index is 2020. The first-order valence-corrected chi connectivity index (χ1v) is 13.7. The van der Waals surface area contributed by atoms with E-state index < -0.39 is 5.54 Å². The Morgan fingerprint density at radius 2 is 1.60 bits per heavy atom. The number of hydrogen-bond acceptors (Lipinski definition) is 4. The van der Waals surface area contributed by atoms with Gasteiger partial charge in [-0.15, -0.1) is 0 Å². The molecule has 4 nitrogen and oxygen atoms in total. The van der Waals surface area contributed by atoms with Crippen molar-refractivity contribution in [2.75, 3.05) is 5.01 Å². The number of furan rings is 1. The maximum atomic E-state index is 8.79. The van der Waals surface area contributed by atoms with Crippen molar-refractivity contribution in [2.45, 2.75) is 12.5 Å². The van der Waals surface area contributed by atoms with Gasteiger partial charge in [0.15, 0.2) is 0 Å². The summed E-state index contributed by atoms with van der Waals surface area (Å²) in [6, 6.07) is 27.3. The number of allylic oxidation sites excluding steroid dienone is 8. The molecule has 4 aliphatic rings. The summed E-state index contributed by atoms with van der Waals surface area (Å²) in [5.41, 5.74) is 13.3. The lowest BCUT2D eigenvalue weighted by Crippen LogP contribution is -2.59. The molecule has 0 radical (unpaired) electrons. The number of benzene rings is 3. The van der Waals surface area contributed by atoms with Crippen molar-refractivity contribution in [3.63, 3.8) is 0 Å². The third-order valence-electron chi connectivity index (χ3n) is 8.61. The predicted molar refractivity (Wildman–Crippen MR) is 163 cm³/mol. The van der Waals surface area contributed by atoms with Crippen LogP contribution in [0.1, 0.15) is 18.1 Å². The first-order chi connectivity index (χ1) is 19.7. The number of hydrogen-bond donors (Lipinski definition) is 2. The molecule has 4 heteroatoms. The third kappa shape index (κ3) is 3.04. The molecule has 0 fully saturated rings. The standard InChI is InChI=1S/C36H27N3O/c1-36-28-19-9-5-15-24(28)35-32(27-18-8-12-22-31(27)40-35)33(36)26-17-7-11-21-30(26)39(36)38-34(23-13-3-2-4-14-23)25-16-6-10-20-29(25)37/h2-22,28,37-38H,1H3/b34-25-,37-29?. The van der Waals surface area contributed by atoms with Crippen LogP contribution in [0.4, 0.5) is 5.69 Å². The van der Waals surface area contributed by atoms with E-state index in [9.17, 15) is 0 Å². The monoisotopic (exact) mass is 517 g/mol. The van der Waals surface area contributed by atoms with E-state index >= 15 is 0 Å². The van der Waals surface area contributed by atoms with E-state index in [1.54, 1.807) is 0 Å². The van der Waals surface area contributed by atoms with Crippen LogP contribution in [0.3, 0.4) is 0 Å². The Balaban J connectivity index is 1.45. The van der Waals surface area contributed by atoms with Gasteiger partial charge in [0.2, 0.25) is 0 Å². The fourth-order valence-electron chi connectivity index (χ4n) is 6.82. The van der Waals surface area contributed by atoms with Crippen LogP contribution in [-0.2, 0) is 0 Å². The zero-order valence-corrected chi connectivity index (χ0v) is 22.1. The molecule has 40 heavy (non-hydrogen) atoms. The van der Waals surface area contributed by atoms with E-state index in [-0.39, 0.29) is 5.92 Å². The van der Waals surface area contributed by atoms with Gasteiger partial charge in [-0.1, -0.05) is 109 Å². The number of hydrazine groups is 1. The smallest absolute Gasteiger partial charge is 0.139 e. The number of nitrogens with one attached hydrogen (secondary N) is 2. The van der Waals surface area contributed by atoms with Crippen LogP contribution in [0.2, 0.25) is 0 Å². The molecule has 2 heterocycles. The molecule has 3 aliphatic carbocycles. The minimum Gasteiger partial charge on any atom is -0.456 e. The van der Waals surface area contributed by atoms with Gasteiger partial charge in [-0.3, -0.25) is 10.4 Å². The minimum atomic E-state index is -0.475. The van der Waals surface area contributed by atoms with Crippen molar-refractivity contribution in [2.24, 2.45) is 5.92 Å². The SMILES string of the molecule is CC12C(=c3c(oc4ccccc34)=C3C=CC=CC31)c1ccccc1N2N/C(=C1/C=CC=CC1=N)c1ccccc1. The maximum absolute atomic E-state index is 8.79. The van der Waals surface area contributed by atoms with Gasteiger partial charge in [0.25, 0.3) is 0 Å². The number of nitrogens with zero attached hydrogens (tertiary/aromatic N) is 1. The number of rotatable bonds is 3. The molecule has 0 bridgehead atoms. The highest BCUT2D eigenvalue weighted by Gasteiger charge is 2.53. The van der Waals surface area contributed by atoms with E-state index in [1.165, 1.54) is 21.9 Å². The van der Waals surface area contributed by atoms with Crippen LogP contribution in [0, 0.1) is 11.3 Å². The summed E-state index contributed by atoms with van der Waals surface area (Å²) in [5, 5.41) is 13.4. The molecular weight excluding hydrogens is 490 g/mol. The second-order valence-electron chi connectivity index (χ2n) is 10.8. The van der Waals surface area contributed by atoms with E-state index in [1.807, 2.05) is 48.6 Å². The first-order valence-electron chi connectivity index (χ1n) is 13.7. The number of para-hydroxylation sites is 2. The summed E-state index contributed by atoms with van der Waals surface area (Å²) < 4.78 is 6.59. The summed E-state index contributed by atoms with van der Waals surface area (Å²) in [5.74, 6) is 0.0451. The number of anilines is 1. The van der Waals surface area contributed by atoms with E-state index in [0.717, 1.165) is 38.9 Å². The fourth-order valence-corrected chi connectivity index (χ4v) is 6.82. The van der Waals surface area contributed by atoms with Gasteiger partial charge >= 0.3 is 0 Å². The lowest BCUT2D eigenvalue weighted by atomic mass is 9.70. The highest BCUT2D eigenvalue weighted by atomic mass is 16.3. The van der Waals surface area contributed by atoms with Crippen LogP contribution in [-0.4, -0.2) is 11.3 Å². The Morgan fingerprint density at radius 1 is 0.850 bits per heavy atom. The van der Waals surface area contributed by atoms with Crippen molar-refractivity contribution >= 4 is 39.2 Å². The normalized spacial score (nSPS) is 23.3. The zero-order chi connectivity index (χ0) is 26.8. The molecule has 2 unspecified atom stereocenters. The van der Waals surface area contributed by atoms with Crippen LogP contribution in [0.5, 0.6) is 0 Å². The van der Waals surface area contributed by atoms with Crippen molar-refractivity contribution in [3.05, 3.63) is 155 Å². The molecule has 0 saturated carbocycles. The molecule has 2 atom stereocenters. The van der Waals surface area contributed by atoms with Gasteiger partial charge in [-0.2, -0.15) is 0 Å². The largest absolute Gasteiger partial charge is 0.456 e. The summed E-state index contributed by atoms with van der Waals surface area (Å²) in [6.07, 6.45) is 16.5. The molecule has 0 spiro atoms. The fraction of sp³-hybridized carbons (Fsp3) is 0.0833. The second-order valence-corrected chi connectivity index (χ2v) is 10.8. The van der Waals surface area contributed by atoms with Gasteiger partial charge < -0.3 is 9.83 Å². The van der Waals surface area contributed by atoms with Crippen molar-refractivity contribution in [1.29, 1.82) is 5.41 Å². The lowest BCUT2D eigenvalue weighted by Gasteiger charge is -2.45. The molecule has 0 saturated heterocycles. The summed E-state index contributed by atoms with van der Waals surface area (Å²) in [6.45, 7) is 2.34. The second kappa shape index (κ2) is 8.45. The van der Waals surface area contributed by atoms with Crippen LogP contribution in [0.25, 0.3) is 27.8 Å². The van der Waals surface area contributed by atoms with Gasteiger partial charge in [0.1, 0.15) is 11.0 Å². The first kappa shape index (κ1) is 22.9. The molecular formula is C36H27N3O. The van der Waals surface area contributed by atoms with E-state index in [2.05, 4.69) is 96.3 Å². The average molecular weight is 518 g/mol. The topological polar surface area (TPSA) is 52.3 Å². The van der Waals surface area contributed by atoms with Gasteiger partial charge in [0.05, 0.1) is 22.6 Å². The molecule has 2 N–H and O–H groups in total. The van der Waals surface area contributed by atoms with Crippen LogP contribution < -0.4 is 21.1 Å². The summed E-state index contributed by atoms with van der Waals surface area (Å²) in [4.78, 5) is 0.